The van der Waals surface area contributed by atoms with Gasteiger partial charge in [-0.3, -0.25) is 4.79 Å². The standard InChI is InChI=1S/C19H20N2O3S/c1-13(16-12-14(23-2)8-9-17(16)24-3)21-19(22)15-6-4-5-7-18(15)25-11-10-20/h4-9,12-13H,11H2,1-3H3,(H,21,22)/t13-/m0/s1. The molecule has 0 unspecified atom stereocenters. The highest BCUT2D eigenvalue weighted by molar-refractivity contribution is 7.99. The smallest absolute Gasteiger partial charge is 0.252 e. The van der Waals surface area contributed by atoms with Gasteiger partial charge in [0.1, 0.15) is 11.5 Å². The largest absolute Gasteiger partial charge is 0.497 e. The Morgan fingerprint density at radius 2 is 2.00 bits per heavy atom. The van der Waals surface area contributed by atoms with Gasteiger partial charge in [0.05, 0.1) is 37.6 Å². The first-order valence-corrected chi connectivity index (χ1v) is 8.70. The van der Waals surface area contributed by atoms with Crippen LogP contribution in [-0.2, 0) is 0 Å². The van der Waals surface area contributed by atoms with Crippen molar-refractivity contribution in [3.63, 3.8) is 0 Å². The summed E-state index contributed by atoms with van der Waals surface area (Å²) in [5.41, 5.74) is 1.38. The lowest BCUT2D eigenvalue weighted by Gasteiger charge is -2.19. The summed E-state index contributed by atoms with van der Waals surface area (Å²) in [4.78, 5) is 13.5. The van der Waals surface area contributed by atoms with Crippen molar-refractivity contribution in [2.75, 3.05) is 20.0 Å². The van der Waals surface area contributed by atoms with E-state index in [1.165, 1.54) is 11.8 Å². The molecular formula is C19H20N2O3S. The number of thioether (sulfide) groups is 1. The van der Waals surface area contributed by atoms with E-state index in [1.54, 1.807) is 20.3 Å². The zero-order valence-electron chi connectivity index (χ0n) is 14.4. The number of carbonyl (C=O) groups is 1. The van der Waals surface area contributed by atoms with Crippen molar-refractivity contribution in [2.24, 2.45) is 0 Å². The Kier molecular flexibility index (Phi) is 6.72. The molecule has 0 saturated carbocycles. The second-order valence-corrected chi connectivity index (χ2v) is 6.26. The topological polar surface area (TPSA) is 71.3 Å². The van der Waals surface area contributed by atoms with E-state index in [9.17, 15) is 4.79 Å². The second-order valence-electron chi connectivity index (χ2n) is 5.25. The number of ether oxygens (including phenoxy) is 2. The van der Waals surface area contributed by atoms with Crippen molar-refractivity contribution in [3.8, 4) is 17.6 Å². The van der Waals surface area contributed by atoms with Crippen molar-refractivity contribution in [3.05, 3.63) is 53.6 Å². The Hall–Kier alpha value is -2.65. The molecule has 0 radical (unpaired) electrons. The fourth-order valence-corrected chi connectivity index (χ4v) is 3.13. The maximum Gasteiger partial charge on any atom is 0.252 e. The quantitative estimate of drug-likeness (QED) is 0.764. The van der Waals surface area contributed by atoms with Crippen molar-refractivity contribution in [1.29, 1.82) is 5.26 Å². The van der Waals surface area contributed by atoms with Crippen LogP contribution in [0, 0.1) is 11.3 Å². The monoisotopic (exact) mass is 356 g/mol. The lowest BCUT2D eigenvalue weighted by molar-refractivity contribution is 0.0936. The van der Waals surface area contributed by atoms with Gasteiger partial charge in [-0.25, -0.2) is 0 Å². The first kappa shape index (κ1) is 18.7. The lowest BCUT2D eigenvalue weighted by Crippen LogP contribution is -2.27. The molecule has 1 atom stereocenters. The highest BCUT2D eigenvalue weighted by Crippen LogP contribution is 2.30. The van der Waals surface area contributed by atoms with Crippen LogP contribution in [0.5, 0.6) is 11.5 Å². The zero-order chi connectivity index (χ0) is 18.2. The Balaban J connectivity index is 2.22. The number of nitriles is 1. The van der Waals surface area contributed by atoms with E-state index >= 15 is 0 Å². The minimum Gasteiger partial charge on any atom is -0.497 e. The SMILES string of the molecule is COc1ccc(OC)c([C@H](C)NC(=O)c2ccccc2SCC#N)c1. The van der Waals surface area contributed by atoms with E-state index in [0.717, 1.165) is 10.5 Å². The average Bonchev–Trinajstić information content (AvgIpc) is 2.65. The fraction of sp³-hybridized carbons (Fsp3) is 0.263. The average molecular weight is 356 g/mol. The van der Waals surface area contributed by atoms with Crippen LogP contribution in [0.25, 0.3) is 0 Å². The summed E-state index contributed by atoms with van der Waals surface area (Å²) in [7, 11) is 3.19. The number of benzene rings is 2. The Morgan fingerprint density at radius 1 is 1.24 bits per heavy atom. The number of methoxy groups -OCH3 is 2. The van der Waals surface area contributed by atoms with Gasteiger partial charge in [-0.1, -0.05) is 12.1 Å². The molecule has 0 fully saturated rings. The molecule has 0 saturated heterocycles. The molecule has 2 aromatic carbocycles. The third-order valence-corrected chi connectivity index (χ3v) is 4.62. The van der Waals surface area contributed by atoms with Gasteiger partial charge in [-0.05, 0) is 37.3 Å². The zero-order valence-corrected chi connectivity index (χ0v) is 15.2. The number of amides is 1. The molecule has 0 bridgehead atoms. The summed E-state index contributed by atoms with van der Waals surface area (Å²) >= 11 is 1.35. The van der Waals surface area contributed by atoms with Crippen LogP contribution >= 0.6 is 11.8 Å². The molecule has 1 N–H and O–H groups in total. The normalized spacial score (nSPS) is 11.3. The number of rotatable bonds is 7. The van der Waals surface area contributed by atoms with Crippen LogP contribution in [0.4, 0.5) is 0 Å². The summed E-state index contributed by atoms with van der Waals surface area (Å²) in [6.07, 6.45) is 0. The second kappa shape index (κ2) is 9.00. The number of hydrogen-bond donors (Lipinski definition) is 1. The molecule has 6 heteroatoms. The van der Waals surface area contributed by atoms with Gasteiger partial charge in [0.2, 0.25) is 0 Å². The summed E-state index contributed by atoms with van der Waals surface area (Å²) in [5, 5.41) is 11.7. The van der Waals surface area contributed by atoms with E-state index < -0.39 is 0 Å². The molecule has 0 aromatic heterocycles. The third kappa shape index (κ3) is 4.68. The molecule has 25 heavy (non-hydrogen) atoms. The van der Waals surface area contributed by atoms with Gasteiger partial charge < -0.3 is 14.8 Å². The van der Waals surface area contributed by atoms with Gasteiger partial charge in [0.25, 0.3) is 5.91 Å². The van der Waals surface area contributed by atoms with Crippen molar-refractivity contribution >= 4 is 17.7 Å². The minimum atomic E-state index is -0.272. The van der Waals surface area contributed by atoms with Crippen molar-refractivity contribution in [1.82, 2.24) is 5.32 Å². The number of nitrogens with zero attached hydrogens (tertiary/aromatic N) is 1. The Morgan fingerprint density at radius 3 is 2.68 bits per heavy atom. The molecule has 0 heterocycles. The van der Waals surface area contributed by atoms with Crippen LogP contribution < -0.4 is 14.8 Å². The fourth-order valence-electron chi connectivity index (χ4n) is 2.42. The van der Waals surface area contributed by atoms with E-state index in [-0.39, 0.29) is 11.9 Å². The summed E-state index contributed by atoms with van der Waals surface area (Å²) in [6.45, 7) is 1.89. The highest BCUT2D eigenvalue weighted by atomic mass is 32.2. The molecule has 0 aliphatic rings. The molecule has 5 nitrogen and oxygen atoms in total. The molecule has 0 spiro atoms. The van der Waals surface area contributed by atoms with Crippen molar-refractivity contribution < 1.29 is 14.3 Å². The van der Waals surface area contributed by atoms with Gasteiger partial charge >= 0.3 is 0 Å². The van der Waals surface area contributed by atoms with Crippen LogP contribution in [0.15, 0.2) is 47.4 Å². The lowest BCUT2D eigenvalue weighted by atomic mass is 10.1. The minimum absolute atomic E-state index is 0.196. The third-order valence-electron chi connectivity index (χ3n) is 3.67. The Bertz CT molecular complexity index is 786. The van der Waals surface area contributed by atoms with Gasteiger partial charge in [0.15, 0.2) is 0 Å². The molecular weight excluding hydrogens is 336 g/mol. The number of nitrogens with one attached hydrogen (secondary N) is 1. The molecule has 0 aliphatic heterocycles. The first-order chi connectivity index (χ1) is 12.1. The van der Waals surface area contributed by atoms with Crippen LogP contribution in [-0.4, -0.2) is 25.9 Å². The molecule has 0 aliphatic carbocycles. The predicted octanol–water partition coefficient (Wildman–Crippen LogP) is 3.81. The maximum absolute atomic E-state index is 12.7. The van der Waals surface area contributed by atoms with Crippen LogP contribution in [0.1, 0.15) is 28.9 Å². The van der Waals surface area contributed by atoms with E-state index in [0.29, 0.717) is 22.8 Å². The maximum atomic E-state index is 12.7. The number of carbonyl (C=O) groups excluding carboxylic acids is 1. The molecule has 2 aromatic rings. The van der Waals surface area contributed by atoms with Gasteiger partial charge in [-0.2, -0.15) is 5.26 Å². The van der Waals surface area contributed by atoms with Crippen molar-refractivity contribution in [2.45, 2.75) is 17.9 Å². The van der Waals surface area contributed by atoms with Gasteiger partial charge in [-0.15, -0.1) is 11.8 Å². The summed E-state index contributed by atoms with van der Waals surface area (Å²) in [6, 6.07) is 14.5. The predicted molar refractivity (Wildman–Crippen MR) is 98.2 cm³/mol. The van der Waals surface area contributed by atoms with Gasteiger partial charge in [0, 0.05) is 10.5 Å². The molecule has 1 amide bonds. The van der Waals surface area contributed by atoms with E-state index in [1.807, 2.05) is 43.3 Å². The number of hydrogen-bond acceptors (Lipinski definition) is 5. The summed E-state index contributed by atoms with van der Waals surface area (Å²) in [5.74, 6) is 1.48. The Labute approximate surface area is 151 Å². The molecule has 130 valence electrons. The summed E-state index contributed by atoms with van der Waals surface area (Å²) < 4.78 is 10.6. The van der Waals surface area contributed by atoms with Crippen LogP contribution in [0.3, 0.4) is 0 Å². The highest BCUT2D eigenvalue weighted by Gasteiger charge is 2.18. The van der Waals surface area contributed by atoms with E-state index in [4.69, 9.17) is 14.7 Å². The van der Waals surface area contributed by atoms with E-state index in [2.05, 4.69) is 11.4 Å². The first-order valence-electron chi connectivity index (χ1n) is 7.72. The molecule has 2 rings (SSSR count). The van der Waals surface area contributed by atoms with Crippen LogP contribution in [0.2, 0.25) is 0 Å².